The maximum absolute atomic E-state index is 12.4. The van der Waals surface area contributed by atoms with Crippen LogP contribution in [0.2, 0.25) is 0 Å². The van der Waals surface area contributed by atoms with Crippen LogP contribution in [0.5, 0.6) is 0 Å². The highest BCUT2D eigenvalue weighted by Crippen LogP contribution is 2.23. The van der Waals surface area contributed by atoms with Crippen molar-refractivity contribution in [1.82, 2.24) is 24.6 Å². The predicted octanol–water partition coefficient (Wildman–Crippen LogP) is 1.50. The van der Waals surface area contributed by atoms with E-state index < -0.39 is 0 Å². The van der Waals surface area contributed by atoms with E-state index >= 15 is 0 Å². The second kappa shape index (κ2) is 8.37. The summed E-state index contributed by atoms with van der Waals surface area (Å²) in [5, 5.41) is 6.03. The zero-order valence-corrected chi connectivity index (χ0v) is 15.9. The van der Waals surface area contributed by atoms with Crippen molar-refractivity contribution >= 4 is 17.4 Å². The summed E-state index contributed by atoms with van der Waals surface area (Å²) in [5.41, 5.74) is 3.36. The molecule has 1 aromatic carbocycles. The van der Waals surface area contributed by atoms with Gasteiger partial charge in [0.15, 0.2) is 11.5 Å². The van der Waals surface area contributed by atoms with Gasteiger partial charge in [-0.3, -0.25) is 14.1 Å². The van der Waals surface area contributed by atoms with Crippen molar-refractivity contribution in [3.05, 3.63) is 48.4 Å². The fraction of sp³-hybridized carbons (Fsp3) is 0.350. The van der Waals surface area contributed by atoms with E-state index in [1.165, 1.54) is 0 Å². The van der Waals surface area contributed by atoms with Crippen LogP contribution < -0.4 is 10.6 Å². The van der Waals surface area contributed by atoms with E-state index in [9.17, 15) is 4.79 Å². The lowest BCUT2D eigenvalue weighted by Crippen LogP contribution is -2.41. The third-order valence-electron chi connectivity index (χ3n) is 4.92. The maximum atomic E-state index is 12.4. The van der Waals surface area contributed by atoms with Crippen LogP contribution in [0.4, 0.5) is 5.82 Å². The van der Waals surface area contributed by atoms with E-state index in [0.29, 0.717) is 12.1 Å². The minimum Gasteiger partial charge on any atom is -0.379 e. The number of carbonyl (C=O) groups is 1. The van der Waals surface area contributed by atoms with Crippen molar-refractivity contribution in [3.63, 3.8) is 0 Å². The number of benzene rings is 1. The van der Waals surface area contributed by atoms with Crippen LogP contribution in [0.25, 0.3) is 16.9 Å². The van der Waals surface area contributed by atoms with Gasteiger partial charge < -0.3 is 15.4 Å². The highest BCUT2D eigenvalue weighted by Gasteiger charge is 2.12. The van der Waals surface area contributed by atoms with E-state index in [-0.39, 0.29) is 5.91 Å². The van der Waals surface area contributed by atoms with Crippen molar-refractivity contribution < 1.29 is 9.53 Å². The number of imidazole rings is 1. The molecule has 3 heterocycles. The van der Waals surface area contributed by atoms with Gasteiger partial charge in [0.25, 0.3) is 5.91 Å². The molecule has 0 atom stereocenters. The third kappa shape index (κ3) is 3.83. The van der Waals surface area contributed by atoms with Crippen molar-refractivity contribution in [2.24, 2.45) is 0 Å². The van der Waals surface area contributed by atoms with Gasteiger partial charge >= 0.3 is 0 Å². The largest absolute Gasteiger partial charge is 0.379 e. The Bertz CT molecular complexity index is 947. The molecular formula is C20H24N6O2. The lowest BCUT2D eigenvalue weighted by atomic mass is 10.1. The summed E-state index contributed by atoms with van der Waals surface area (Å²) in [6.45, 7) is 4.86. The molecule has 1 aliphatic rings. The Kier molecular flexibility index (Phi) is 5.50. The summed E-state index contributed by atoms with van der Waals surface area (Å²) in [6, 6.07) is 7.58. The SMILES string of the molecule is CNc1nccn2c(-c3ccc(C(=O)NCCN4CCOCC4)cc3)cnc12. The van der Waals surface area contributed by atoms with Crippen LogP contribution in [0, 0.1) is 0 Å². The minimum absolute atomic E-state index is 0.0559. The molecule has 8 heteroatoms. The Labute approximate surface area is 163 Å². The summed E-state index contributed by atoms with van der Waals surface area (Å²) in [5.74, 6) is 0.671. The van der Waals surface area contributed by atoms with Gasteiger partial charge in [0.2, 0.25) is 0 Å². The molecule has 1 fully saturated rings. The number of morpholine rings is 1. The number of amides is 1. The average Bonchev–Trinajstić information content (AvgIpc) is 3.19. The van der Waals surface area contributed by atoms with Crippen molar-refractivity contribution in [2.75, 3.05) is 51.8 Å². The Morgan fingerprint density at radius 3 is 2.71 bits per heavy atom. The Balaban J connectivity index is 1.41. The summed E-state index contributed by atoms with van der Waals surface area (Å²) in [4.78, 5) is 23.4. The van der Waals surface area contributed by atoms with E-state index in [0.717, 1.165) is 55.6 Å². The highest BCUT2D eigenvalue weighted by molar-refractivity contribution is 5.94. The standard InChI is InChI=1S/C20H24N6O2/c1-21-18-19-24-14-17(26(19)9-7-22-18)15-2-4-16(5-3-15)20(27)23-6-8-25-10-12-28-13-11-25/h2-5,7,9,14H,6,8,10-13H2,1H3,(H,21,22)(H,23,27). The number of carbonyl (C=O) groups excluding carboxylic acids is 1. The maximum Gasteiger partial charge on any atom is 0.251 e. The monoisotopic (exact) mass is 380 g/mol. The van der Waals surface area contributed by atoms with Gasteiger partial charge in [0.05, 0.1) is 25.1 Å². The topological polar surface area (TPSA) is 83.8 Å². The second-order valence-electron chi connectivity index (χ2n) is 6.65. The first-order valence-electron chi connectivity index (χ1n) is 9.45. The molecule has 0 bridgehead atoms. The van der Waals surface area contributed by atoms with Gasteiger partial charge in [-0.15, -0.1) is 0 Å². The molecule has 0 spiro atoms. The normalized spacial score (nSPS) is 14.9. The van der Waals surface area contributed by atoms with Gasteiger partial charge in [-0.1, -0.05) is 12.1 Å². The van der Waals surface area contributed by atoms with Crippen molar-refractivity contribution in [3.8, 4) is 11.3 Å². The second-order valence-corrected chi connectivity index (χ2v) is 6.65. The number of anilines is 1. The van der Waals surface area contributed by atoms with Crippen molar-refractivity contribution in [2.45, 2.75) is 0 Å². The number of hydrogen-bond donors (Lipinski definition) is 2. The molecule has 8 nitrogen and oxygen atoms in total. The first-order valence-corrected chi connectivity index (χ1v) is 9.45. The number of fused-ring (bicyclic) bond motifs is 1. The summed E-state index contributed by atoms with van der Waals surface area (Å²) < 4.78 is 7.32. The zero-order chi connectivity index (χ0) is 19.3. The average molecular weight is 380 g/mol. The van der Waals surface area contributed by atoms with Gasteiger partial charge in [0.1, 0.15) is 0 Å². The van der Waals surface area contributed by atoms with Crippen LogP contribution in [0.3, 0.4) is 0 Å². The quantitative estimate of drug-likeness (QED) is 0.674. The molecule has 2 aromatic heterocycles. The number of ether oxygens (including phenoxy) is 1. The number of hydrogen-bond acceptors (Lipinski definition) is 6. The number of nitrogens with zero attached hydrogens (tertiary/aromatic N) is 4. The van der Waals surface area contributed by atoms with Crippen LogP contribution in [0.1, 0.15) is 10.4 Å². The molecule has 1 amide bonds. The van der Waals surface area contributed by atoms with Crippen LogP contribution in [-0.4, -0.2) is 71.6 Å². The molecule has 1 saturated heterocycles. The minimum atomic E-state index is -0.0559. The van der Waals surface area contributed by atoms with Crippen molar-refractivity contribution in [1.29, 1.82) is 0 Å². The lowest BCUT2D eigenvalue weighted by Gasteiger charge is -2.26. The van der Waals surface area contributed by atoms with E-state index in [2.05, 4.69) is 25.5 Å². The van der Waals surface area contributed by atoms with Gasteiger partial charge in [-0.25, -0.2) is 9.97 Å². The van der Waals surface area contributed by atoms with E-state index in [1.54, 1.807) is 6.20 Å². The Morgan fingerprint density at radius 2 is 1.96 bits per heavy atom. The molecule has 1 aliphatic heterocycles. The summed E-state index contributed by atoms with van der Waals surface area (Å²) >= 11 is 0. The lowest BCUT2D eigenvalue weighted by molar-refractivity contribution is 0.0383. The fourth-order valence-electron chi connectivity index (χ4n) is 3.36. The van der Waals surface area contributed by atoms with Gasteiger partial charge in [-0.05, 0) is 12.1 Å². The zero-order valence-electron chi connectivity index (χ0n) is 15.9. The molecular weight excluding hydrogens is 356 g/mol. The molecule has 0 radical (unpaired) electrons. The summed E-state index contributed by atoms with van der Waals surface area (Å²) in [6.07, 6.45) is 5.43. The third-order valence-corrected chi connectivity index (χ3v) is 4.92. The van der Waals surface area contributed by atoms with Crippen LogP contribution in [-0.2, 0) is 4.74 Å². The molecule has 3 aromatic rings. The number of aromatic nitrogens is 3. The smallest absolute Gasteiger partial charge is 0.251 e. The first-order chi connectivity index (χ1) is 13.8. The van der Waals surface area contributed by atoms with E-state index in [4.69, 9.17) is 4.74 Å². The van der Waals surface area contributed by atoms with Crippen LogP contribution >= 0.6 is 0 Å². The molecule has 4 rings (SSSR count). The number of rotatable bonds is 6. The molecule has 146 valence electrons. The highest BCUT2D eigenvalue weighted by atomic mass is 16.5. The number of nitrogens with one attached hydrogen (secondary N) is 2. The molecule has 28 heavy (non-hydrogen) atoms. The molecule has 0 aliphatic carbocycles. The summed E-state index contributed by atoms with van der Waals surface area (Å²) in [7, 11) is 1.82. The van der Waals surface area contributed by atoms with Crippen LogP contribution in [0.15, 0.2) is 42.9 Å². The molecule has 2 N–H and O–H groups in total. The molecule has 0 saturated carbocycles. The fourth-order valence-corrected chi connectivity index (χ4v) is 3.36. The predicted molar refractivity (Wildman–Crippen MR) is 108 cm³/mol. The molecule has 0 unspecified atom stereocenters. The Hall–Kier alpha value is -2.97. The van der Waals surface area contributed by atoms with Gasteiger partial charge in [-0.2, -0.15) is 0 Å². The van der Waals surface area contributed by atoms with E-state index in [1.807, 2.05) is 48.1 Å². The van der Waals surface area contributed by atoms with Gasteiger partial charge in [0, 0.05) is 56.7 Å². The Morgan fingerprint density at radius 1 is 1.18 bits per heavy atom. The first kappa shape index (κ1) is 18.4.